The largest absolute Gasteiger partial charge is 0.399 e. The second-order valence-corrected chi connectivity index (χ2v) is 5.37. The van der Waals surface area contributed by atoms with Crippen LogP contribution in [0.15, 0.2) is 24.3 Å². The summed E-state index contributed by atoms with van der Waals surface area (Å²) in [4.78, 5) is 6.98. The van der Waals surface area contributed by atoms with Crippen molar-refractivity contribution < 1.29 is 4.74 Å². The Balaban J connectivity index is 1.99. The highest BCUT2D eigenvalue weighted by molar-refractivity contribution is 5.93. The quantitative estimate of drug-likeness (QED) is 0.872. The summed E-state index contributed by atoms with van der Waals surface area (Å²) >= 11 is 0. The number of aryl methyl sites for hydroxylation is 1. The van der Waals surface area contributed by atoms with E-state index in [0.717, 1.165) is 43.0 Å². The number of ether oxygens (including phenoxy) is 1. The maximum Gasteiger partial charge on any atom is 0.0766 e. The molecule has 0 amide bonds. The molecule has 1 fully saturated rings. The van der Waals surface area contributed by atoms with Crippen molar-refractivity contribution in [2.24, 2.45) is 0 Å². The molecule has 2 heterocycles. The number of benzene rings is 1. The zero-order valence-corrected chi connectivity index (χ0v) is 12.1. The van der Waals surface area contributed by atoms with Crippen molar-refractivity contribution in [3.8, 4) is 0 Å². The lowest BCUT2D eigenvalue weighted by Gasteiger charge is -2.21. The van der Waals surface area contributed by atoms with Crippen LogP contribution in [0.1, 0.15) is 19.0 Å². The number of aromatic nitrogens is 1. The molecule has 0 aliphatic carbocycles. The molecular weight excluding hydrogens is 250 g/mol. The van der Waals surface area contributed by atoms with Gasteiger partial charge in [0.1, 0.15) is 0 Å². The van der Waals surface area contributed by atoms with Crippen LogP contribution in [0, 0.1) is 6.92 Å². The number of nitrogens with two attached hydrogens (primary N) is 1. The van der Waals surface area contributed by atoms with Gasteiger partial charge in [0.15, 0.2) is 0 Å². The van der Waals surface area contributed by atoms with Gasteiger partial charge in [0, 0.05) is 42.2 Å². The molecule has 0 saturated carbocycles. The molecule has 0 radical (unpaired) electrons. The predicted octanol–water partition coefficient (Wildman–Crippen LogP) is 2.74. The van der Waals surface area contributed by atoms with Crippen LogP contribution in [0.4, 0.5) is 11.4 Å². The Hall–Kier alpha value is -1.81. The SMILES string of the molecule is CCOC1CCN(c2cc(C)nc3cc(N)ccc23)C1. The molecule has 1 aliphatic rings. The fourth-order valence-corrected chi connectivity index (χ4v) is 2.94. The van der Waals surface area contributed by atoms with E-state index in [4.69, 9.17) is 10.5 Å². The Morgan fingerprint density at radius 3 is 3.05 bits per heavy atom. The van der Waals surface area contributed by atoms with E-state index in [1.54, 1.807) is 0 Å². The summed E-state index contributed by atoms with van der Waals surface area (Å²) in [7, 11) is 0. The highest BCUT2D eigenvalue weighted by Crippen LogP contribution is 2.31. The molecule has 4 heteroatoms. The monoisotopic (exact) mass is 271 g/mol. The van der Waals surface area contributed by atoms with Gasteiger partial charge in [0.05, 0.1) is 11.6 Å². The second-order valence-electron chi connectivity index (χ2n) is 5.37. The summed E-state index contributed by atoms with van der Waals surface area (Å²) in [5, 5.41) is 1.17. The van der Waals surface area contributed by atoms with E-state index in [2.05, 4.69) is 28.9 Å². The van der Waals surface area contributed by atoms with E-state index in [0.29, 0.717) is 6.10 Å². The van der Waals surface area contributed by atoms with Gasteiger partial charge in [-0.15, -0.1) is 0 Å². The van der Waals surface area contributed by atoms with E-state index in [1.165, 1.54) is 11.1 Å². The first-order valence-electron chi connectivity index (χ1n) is 7.21. The molecule has 1 aliphatic heterocycles. The minimum Gasteiger partial charge on any atom is -0.399 e. The summed E-state index contributed by atoms with van der Waals surface area (Å²) in [6.07, 6.45) is 1.43. The molecule has 3 rings (SSSR count). The number of pyridine rings is 1. The van der Waals surface area contributed by atoms with Crippen LogP contribution in [0.5, 0.6) is 0 Å². The van der Waals surface area contributed by atoms with Gasteiger partial charge in [-0.25, -0.2) is 0 Å². The molecule has 0 bridgehead atoms. The van der Waals surface area contributed by atoms with Crippen LogP contribution >= 0.6 is 0 Å². The molecular formula is C16H21N3O. The minimum atomic E-state index is 0.345. The van der Waals surface area contributed by atoms with Gasteiger partial charge in [0.25, 0.3) is 0 Å². The minimum absolute atomic E-state index is 0.345. The van der Waals surface area contributed by atoms with Crippen molar-refractivity contribution in [1.29, 1.82) is 0 Å². The molecule has 2 N–H and O–H groups in total. The van der Waals surface area contributed by atoms with Crippen LogP contribution in [0.2, 0.25) is 0 Å². The van der Waals surface area contributed by atoms with E-state index < -0.39 is 0 Å². The summed E-state index contributed by atoms with van der Waals surface area (Å²) in [6, 6.07) is 8.12. The predicted molar refractivity (Wildman–Crippen MR) is 83.1 cm³/mol. The standard InChI is InChI=1S/C16H21N3O/c1-3-20-13-6-7-19(10-13)16-8-11(2)18-15-9-12(17)4-5-14(15)16/h4-5,8-9,13H,3,6-7,10,17H2,1-2H3. The first-order valence-corrected chi connectivity index (χ1v) is 7.21. The Morgan fingerprint density at radius 2 is 2.25 bits per heavy atom. The third kappa shape index (κ3) is 2.43. The van der Waals surface area contributed by atoms with E-state index >= 15 is 0 Å². The number of hydrogen-bond acceptors (Lipinski definition) is 4. The van der Waals surface area contributed by atoms with Gasteiger partial charge in [-0.05, 0) is 44.5 Å². The molecule has 106 valence electrons. The smallest absolute Gasteiger partial charge is 0.0766 e. The molecule has 1 unspecified atom stereocenters. The Bertz CT molecular complexity index is 621. The van der Waals surface area contributed by atoms with Crippen molar-refractivity contribution in [3.63, 3.8) is 0 Å². The van der Waals surface area contributed by atoms with Gasteiger partial charge in [-0.2, -0.15) is 0 Å². The van der Waals surface area contributed by atoms with Gasteiger partial charge in [0.2, 0.25) is 0 Å². The van der Waals surface area contributed by atoms with Crippen molar-refractivity contribution >= 4 is 22.3 Å². The van der Waals surface area contributed by atoms with Gasteiger partial charge in [-0.1, -0.05) is 0 Å². The van der Waals surface area contributed by atoms with E-state index in [9.17, 15) is 0 Å². The summed E-state index contributed by atoms with van der Waals surface area (Å²) < 4.78 is 5.74. The molecule has 20 heavy (non-hydrogen) atoms. The lowest BCUT2D eigenvalue weighted by Crippen LogP contribution is -2.23. The number of anilines is 2. The van der Waals surface area contributed by atoms with Gasteiger partial charge in [-0.3, -0.25) is 4.98 Å². The molecule has 2 aromatic rings. The van der Waals surface area contributed by atoms with Crippen molar-refractivity contribution in [3.05, 3.63) is 30.0 Å². The molecule has 1 aromatic heterocycles. The molecule has 1 aromatic carbocycles. The fourth-order valence-electron chi connectivity index (χ4n) is 2.94. The van der Waals surface area contributed by atoms with E-state index in [1.807, 2.05) is 19.1 Å². The maximum absolute atomic E-state index is 5.87. The van der Waals surface area contributed by atoms with Gasteiger partial charge < -0.3 is 15.4 Å². The van der Waals surface area contributed by atoms with Gasteiger partial charge >= 0.3 is 0 Å². The first-order chi connectivity index (χ1) is 9.67. The second kappa shape index (κ2) is 5.29. The number of nitrogen functional groups attached to an aromatic ring is 1. The summed E-state index contributed by atoms with van der Waals surface area (Å²) in [5.74, 6) is 0. The summed E-state index contributed by atoms with van der Waals surface area (Å²) in [6.45, 7) is 6.86. The van der Waals surface area contributed by atoms with Crippen LogP contribution in [-0.4, -0.2) is 30.8 Å². The fraction of sp³-hybridized carbons (Fsp3) is 0.438. The van der Waals surface area contributed by atoms with Crippen molar-refractivity contribution in [1.82, 2.24) is 4.98 Å². The summed E-state index contributed by atoms with van der Waals surface area (Å²) in [5.41, 5.74) is 9.87. The van der Waals surface area contributed by atoms with Crippen LogP contribution in [-0.2, 0) is 4.74 Å². The molecule has 1 saturated heterocycles. The van der Waals surface area contributed by atoms with Crippen LogP contribution < -0.4 is 10.6 Å². The lowest BCUT2D eigenvalue weighted by atomic mass is 10.1. The van der Waals surface area contributed by atoms with Crippen molar-refractivity contribution in [2.75, 3.05) is 30.3 Å². The average molecular weight is 271 g/mol. The number of hydrogen-bond donors (Lipinski definition) is 1. The molecule has 1 atom stereocenters. The Morgan fingerprint density at radius 1 is 1.40 bits per heavy atom. The van der Waals surface area contributed by atoms with Crippen LogP contribution in [0.3, 0.4) is 0 Å². The van der Waals surface area contributed by atoms with E-state index in [-0.39, 0.29) is 0 Å². The number of fused-ring (bicyclic) bond motifs is 1. The Kier molecular flexibility index (Phi) is 3.49. The molecule has 0 spiro atoms. The first kappa shape index (κ1) is 13.2. The third-order valence-electron chi connectivity index (χ3n) is 3.83. The Labute approximate surface area is 119 Å². The topological polar surface area (TPSA) is 51.4 Å². The normalized spacial score (nSPS) is 18.9. The maximum atomic E-state index is 5.87. The third-order valence-corrected chi connectivity index (χ3v) is 3.83. The number of rotatable bonds is 3. The average Bonchev–Trinajstić information content (AvgIpc) is 2.86. The zero-order chi connectivity index (χ0) is 14.1. The molecule has 4 nitrogen and oxygen atoms in total. The highest BCUT2D eigenvalue weighted by Gasteiger charge is 2.24. The zero-order valence-electron chi connectivity index (χ0n) is 12.1. The number of nitrogens with zero attached hydrogens (tertiary/aromatic N) is 2. The highest BCUT2D eigenvalue weighted by atomic mass is 16.5. The lowest BCUT2D eigenvalue weighted by molar-refractivity contribution is 0.0788. The van der Waals surface area contributed by atoms with Crippen molar-refractivity contribution in [2.45, 2.75) is 26.4 Å². The van der Waals surface area contributed by atoms with Crippen LogP contribution in [0.25, 0.3) is 10.9 Å².